The van der Waals surface area contributed by atoms with Gasteiger partial charge in [-0.05, 0) is 5.41 Å². The van der Waals surface area contributed by atoms with E-state index in [1.54, 1.807) is 13.2 Å². The van der Waals surface area contributed by atoms with E-state index in [4.69, 9.17) is 11.6 Å². The summed E-state index contributed by atoms with van der Waals surface area (Å²) in [5.41, 5.74) is 0.0889. The maximum Gasteiger partial charge on any atom is 0.195 e. The van der Waals surface area contributed by atoms with Crippen LogP contribution in [0.1, 0.15) is 20.8 Å². The van der Waals surface area contributed by atoms with Gasteiger partial charge < -0.3 is 10.6 Å². The van der Waals surface area contributed by atoms with E-state index in [2.05, 4.69) is 36.4 Å². The van der Waals surface area contributed by atoms with Gasteiger partial charge in [-0.1, -0.05) is 32.4 Å². The molecule has 0 aromatic carbocycles. The first kappa shape index (κ1) is 10.4. The molecule has 0 spiro atoms. The zero-order valence-electron chi connectivity index (χ0n) is 8.48. The molecule has 1 rings (SSSR count). The van der Waals surface area contributed by atoms with Crippen LogP contribution in [-0.4, -0.2) is 19.0 Å². The van der Waals surface area contributed by atoms with Crippen LogP contribution >= 0.6 is 11.6 Å². The Morgan fingerprint density at radius 1 is 1.46 bits per heavy atom. The summed E-state index contributed by atoms with van der Waals surface area (Å²) in [5.74, 6) is 0.768. The fourth-order valence-corrected chi connectivity index (χ4v) is 1.66. The van der Waals surface area contributed by atoms with E-state index in [9.17, 15) is 0 Å². The van der Waals surface area contributed by atoms with Gasteiger partial charge >= 0.3 is 0 Å². The van der Waals surface area contributed by atoms with Crippen LogP contribution in [-0.2, 0) is 0 Å². The van der Waals surface area contributed by atoms with Gasteiger partial charge in [-0.15, -0.1) is 0 Å². The van der Waals surface area contributed by atoms with E-state index in [1.807, 2.05) is 0 Å². The summed E-state index contributed by atoms with van der Waals surface area (Å²) in [6.45, 7) is 6.42. The van der Waals surface area contributed by atoms with E-state index >= 15 is 0 Å². The molecule has 0 bridgehead atoms. The van der Waals surface area contributed by atoms with E-state index in [0.717, 1.165) is 11.0 Å². The summed E-state index contributed by atoms with van der Waals surface area (Å²) in [5, 5.41) is 6.99. The molecule has 1 heterocycles. The minimum Gasteiger partial charge on any atom is -0.348 e. The third-order valence-electron chi connectivity index (χ3n) is 1.99. The highest BCUT2D eigenvalue weighted by Gasteiger charge is 2.30. The number of guanidine groups is 1. The van der Waals surface area contributed by atoms with E-state index < -0.39 is 0 Å². The van der Waals surface area contributed by atoms with Gasteiger partial charge in [-0.3, -0.25) is 4.99 Å². The van der Waals surface area contributed by atoms with Gasteiger partial charge in [0.1, 0.15) is 0 Å². The number of hydrogen-bond donors (Lipinski definition) is 2. The predicted molar refractivity (Wildman–Crippen MR) is 56.8 cm³/mol. The summed E-state index contributed by atoms with van der Waals surface area (Å²) in [7, 11) is 1.74. The Balaban J connectivity index is 2.86. The lowest BCUT2D eigenvalue weighted by Gasteiger charge is -2.34. The molecule has 0 aliphatic carbocycles. The number of rotatable bonds is 0. The zero-order chi connectivity index (χ0) is 10.1. The lowest BCUT2D eigenvalue weighted by Crippen LogP contribution is -2.51. The van der Waals surface area contributed by atoms with Crippen LogP contribution in [0.2, 0.25) is 0 Å². The molecule has 0 radical (unpaired) electrons. The molecule has 1 atom stereocenters. The van der Waals surface area contributed by atoms with Crippen LogP contribution in [0.5, 0.6) is 0 Å². The Hall–Kier alpha value is -0.700. The second-order valence-corrected chi connectivity index (χ2v) is 4.63. The molecule has 0 saturated carbocycles. The Bertz CT molecular complexity index is 250. The maximum absolute atomic E-state index is 6.07. The van der Waals surface area contributed by atoms with Gasteiger partial charge in [-0.2, -0.15) is 0 Å². The predicted octanol–water partition coefficient (Wildman–Crippen LogP) is 1.66. The summed E-state index contributed by atoms with van der Waals surface area (Å²) >= 11 is 6.07. The zero-order valence-corrected chi connectivity index (χ0v) is 9.24. The van der Waals surface area contributed by atoms with Gasteiger partial charge in [0, 0.05) is 13.2 Å². The summed E-state index contributed by atoms with van der Waals surface area (Å²) in [6.07, 6.45) is 1.79. The van der Waals surface area contributed by atoms with Gasteiger partial charge in [0.25, 0.3) is 0 Å². The molecule has 13 heavy (non-hydrogen) atoms. The normalized spacial score (nSPS) is 26.4. The molecular weight excluding hydrogens is 186 g/mol. The second kappa shape index (κ2) is 3.58. The SMILES string of the molecule is CN=C1NC=C(Cl)C(C(C)(C)C)N1. The third-order valence-corrected chi connectivity index (χ3v) is 2.32. The molecule has 0 aromatic rings. The first-order valence-corrected chi connectivity index (χ1v) is 4.68. The van der Waals surface area contributed by atoms with E-state index in [-0.39, 0.29) is 11.5 Å². The van der Waals surface area contributed by atoms with Crippen LogP contribution in [0.25, 0.3) is 0 Å². The molecule has 0 saturated heterocycles. The first-order chi connectivity index (χ1) is 5.95. The molecule has 1 aliphatic heterocycles. The lowest BCUT2D eigenvalue weighted by atomic mass is 9.86. The quantitative estimate of drug-likeness (QED) is 0.626. The van der Waals surface area contributed by atoms with Crippen molar-refractivity contribution >= 4 is 17.6 Å². The fourth-order valence-electron chi connectivity index (χ4n) is 1.23. The molecule has 1 aliphatic rings. The standard InChI is InChI=1S/C9H16ClN3/c1-9(2,3)7-6(10)5-12-8(11-4)13-7/h5,7H,1-4H3,(H2,11,12,13). The van der Waals surface area contributed by atoms with E-state index in [1.165, 1.54) is 0 Å². The van der Waals surface area contributed by atoms with Crippen molar-refractivity contribution in [2.75, 3.05) is 7.05 Å². The average Bonchev–Trinajstić information content (AvgIpc) is 2.03. The summed E-state index contributed by atoms with van der Waals surface area (Å²) in [4.78, 5) is 4.04. The Kier molecular flexibility index (Phi) is 2.86. The maximum atomic E-state index is 6.07. The summed E-state index contributed by atoms with van der Waals surface area (Å²) in [6, 6.07) is 0.133. The molecule has 0 fully saturated rings. The summed E-state index contributed by atoms with van der Waals surface area (Å²) < 4.78 is 0. The highest BCUT2D eigenvalue weighted by atomic mass is 35.5. The van der Waals surface area contributed by atoms with Crippen molar-refractivity contribution in [2.45, 2.75) is 26.8 Å². The molecule has 4 heteroatoms. The minimum atomic E-state index is 0.0889. The second-order valence-electron chi connectivity index (χ2n) is 4.19. The van der Waals surface area contributed by atoms with Crippen LogP contribution in [0, 0.1) is 5.41 Å². The molecular formula is C9H16ClN3. The molecule has 2 N–H and O–H groups in total. The van der Waals surface area contributed by atoms with Gasteiger partial charge in [0.05, 0.1) is 11.1 Å². The highest BCUT2D eigenvalue weighted by molar-refractivity contribution is 6.30. The fraction of sp³-hybridized carbons (Fsp3) is 0.667. The topological polar surface area (TPSA) is 36.4 Å². The smallest absolute Gasteiger partial charge is 0.195 e. The lowest BCUT2D eigenvalue weighted by molar-refractivity contribution is 0.333. The van der Waals surface area contributed by atoms with Crippen LogP contribution in [0.15, 0.2) is 16.2 Å². The Labute approximate surface area is 84.3 Å². The molecule has 1 unspecified atom stereocenters. The van der Waals surface area contributed by atoms with Crippen LogP contribution < -0.4 is 10.6 Å². The van der Waals surface area contributed by atoms with Crippen molar-refractivity contribution in [3.63, 3.8) is 0 Å². The number of nitrogens with zero attached hydrogens (tertiary/aromatic N) is 1. The van der Waals surface area contributed by atoms with Gasteiger partial charge in [0.15, 0.2) is 5.96 Å². The minimum absolute atomic E-state index is 0.0889. The molecule has 0 aromatic heterocycles. The van der Waals surface area contributed by atoms with Gasteiger partial charge in [0.2, 0.25) is 0 Å². The largest absolute Gasteiger partial charge is 0.348 e. The van der Waals surface area contributed by atoms with Crippen LogP contribution in [0.4, 0.5) is 0 Å². The van der Waals surface area contributed by atoms with E-state index in [0.29, 0.717) is 0 Å². The third kappa shape index (κ3) is 2.37. The molecule has 74 valence electrons. The van der Waals surface area contributed by atoms with Crippen LogP contribution in [0.3, 0.4) is 0 Å². The Morgan fingerprint density at radius 3 is 2.54 bits per heavy atom. The first-order valence-electron chi connectivity index (χ1n) is 4.30. The highest BCUT2D eigenvalue weighted by Crippen LogP contribution is 2.27. The monoisotopic (exact) mass is 201 g/mol. The Morgan fingerprint density at radius 2 is 2.08 bits per heavy atom. The number of halogens is 1. The van der Waals surface area contributed by atoms with Crippen molar-refractivity contribution in [1.29, 1.82) is 0 Å². The molecule has 0 amide bonds. The number of aliphatic imine (C=N–C) groups is 1. The van der Waals surface area contributed by atoms with Crippen molar-refractivity contribution in [3.8, 4) is 0 Å². The van der Waals surface area contributed by atoms with Crippen molar-refractivity contribution in [2.24, 2.45) is 10.4 Å². The van der Waals surface area contributed by atoms with Gasteiger partial charge in [-0.25, -0.2) is 0 Å². The van der Waals surface area contributed by atoms with Crippen molar-refractivity contribution < 1.29 is 0 Å². The average molecular weight is 202 g/mol. The number of hydrogen-bond acceptors (Lipinski definition) is 1. The molecule has 3 nitrogen and oxygen atoms in total. The number of nitrogens with one attached hydrogen (secondary N) is 2. The van der Waals surface area contributed by atoms with Crippen molar-refractivity contribution in [1.82, 2.24) is 10.6 Å². The van der Waals surface area contributed by atoms with Crippen molar-refractivity contribution in [3.05, 3.63) is 11.2 Å².